The van der Waals surface area contributed by atoms with Crippen molar-refractivity contribution in [3.8, 4) is 11.8 Å². The summed E-state index contributed by atoms with van der Waals surface area (Å²) < 4.78 is 5.66. The van der Waals surface area contributed by atoms with Gasteiger partial charge in [0.15, 0.2) is 6.10 Å². The maximum atomic E-state index is 12.1. The summed E-state index contributed by atoms with van der Waals surface area (Å²) in [5.74, 6) is -1.60. The molecular weight excluding hydrogens is 376 g/mol. The van der Waals surface area contributed by atoms with Crippen molar-refractivity contribution in [1.29, 1.82) is 5.26 Å². The highest BCUT2D eigenvalue weighted by molar-refractivity contribution is 9.10. The summed E-state index contributed by atoms with van der Waals surface area (Å²) >= 11 is 3.19. The predicted octanol–water partition coefficient (Wildman–Crippen LogP) is 3.21. The summed E-state index contributed by atoms with van der Waals surface area (Å²) in [6, 6.07) is 12.6. The molecule has 0 aromatic heterocycles. The molecule has 7 heteroatoms. The van der Waals surface area contributed by atoms with E-state index in [4.69, 9.17) is 10.00 Å². The second-order valence-electron chi connectivity index (χ2n) is 4.89. The number of phenolic OH excluding ortho intramolecular Hbond substituents is 1. The lowest BCUT2D eigenvalue weighted by atomic mass is 10.2. The third-order valence-corrected chi connectivity index (χ3v) is 3.58. The molecular formula is C17H13BrN2O4. The quantitative estimate of drug-likeness (QED) is 0.783. The number of rotatable bonds is 4. The van der Waals surface area contributed by atoms with E-state index >= 15 is 0 Å². The highest BCUT2D eigenvalue weighted by Gasteiger charge is 2.21. The molecule has 2 aromatic rings. The molecule has 0 radical (unpaired) electrons. The fourth-order valence-electron chi connectivity index (χ4n) is 1.86. The Morgan fingerprint density at radius 3 is 2.75 bits per heavy atom. The number of benzene rings is 2. The number of hydrogen-bond donors (Lipinski definition) is 2. The van der Waals surface area contributed by atoms with Crippen molar-refractivity contribution in [2.75, 3.05) is 5.32 Å². The second kappa shape index (κ2) is 7.62. The number of ether oxygens (including phenoxy) is 1. The zero-order valence-corrected chi connectivity index (χ0v) is 14.2. The average molecular weight is 389 g/mol. The first-order valence-corrected chi connectivity index (χ1v) is 7.70. The first-order chi connectivity index (χ1) is 11.4. The Morgan fingerprint density at radius 2 is 2.04 bits per heavy atom. The Kier molecular flexibility index (Phi) is 5.55. The number of hydrogen-bond acceptors (Lipinski definition) is 5. The topological polar surface area (TPSA) is 99.4 Å². The first-order valence-electron chi connectivity index (χ1n) is 6.91. The van der Waals surface area contributed by atoms with Gasteiger partial charge in [0.2, 0.25) is 0 Å². The van der Waals surface area contributed by atoms with Gasteiger partial charge < -0.3 is 15.2 Å². The van der Waals surface area contributed by atoms with Gasteiger partial charge in [0.25, 0.3) is 5.91 Å². The number of carbonyl (C=O) groups is 2. The molecule has 122 valence electrons. The van der Waals surface area contributed by atoms with E-state index < -0.39 is 18.0 Å². The van der Waals surface area contributed by atoms with Crippen molar-refractivity contribution in [3.63, 3.8) is 0 Å². The van der Waals surface area contributed by atoms with E-state index in [1.54, 1.807) is 24.3 Å². The highest BCUT2D eigenvalue weighted by Crippen LogP contribution is 2.23. The van der Waals surface area contributed by atoms with E-state index in [0.29, 0.717) is 15.7 Å². The number of halogens is 1. The van der Waals surface area contributed by atoms with Crippen LogP contribution >= 0.6 is 15.9 Å². The van der Waals surface area contributed by atoms with Crippen molar-refractivity contribution < 1.29 is 19.4 Å². The van der Waals surface area contributed by atoms with E-state index in [1.807, 2.05) is 6.07 Å². The Hall–Kier alpha value is -2.85. The molecule has 2 N–H and O–H groups in total. The minimum atomic E-state index is -1.08. The number of aromatic hydroxyl groups is 1. The number of carbonyl (C=O) groups excluding carboxylic acids is 2. The van der Waals surface area contributed by atoms with Crippen molar-refractivity contribution in [2.24, 2.45) is 0 Å². The molecule has 0 saturated carbocycles. The summed E-state index contributed by atoms with van der Waals surface area (Å²) in [5, 5.41) is 21.1. The second-order valence-corrected chi connectivity index (χ2v) is 5.81. The molecule has 1 atom stereocenters. The molecule has 0 spiro atoms. The molecule has 2 aromatic carbocycles. The lowest BCUT2D eigenvalue weighted by Gasteiger charge is -2.14. The van der Waals surface area contributed by atoms with Gasteiger partial charge in [-0.3, -0.25) is 4.79 Å². The van der Waals surface area contributed by atoms with E-state index in [9.17, 15) is 14.7 Å². The molecule has 2 rings (SSSR count). The van der Waals surface area contributed by atoms with Crippen LogP contribution in [0.25, 0.3) is 0 Å². The van der Waals surface area contributed by atoms with Crippen LogP contribution in [-0.4, -0.2) is 23.1 Å². The normalized spacial score (nSPS) is 11.2. The van der Waals surface area contributed by atoms with Crippen LogP contribution in [0.3, 0.4) is 0 Å². The van der Waals surface area contributed by atoms with Gasteiger partial charge in [-0.05, 0) is 43.3 Å². The smallest absolute Gasteiger partial charge is 0.342 e. The van der Waals surface area contributed by atoms with Crippen LogP contribution in [0.15, 0.2) is 46.9 Å². The lowest BCUT2D eigenvalue weighted by molar-refractivity contribution is -0.123. The van der Waals surface area contributed by atoms with Crippen molar-refractivity contribution >= 4 is 33.5 Å². The van der Waals surface area contributed by atoms with Gasteiger partial charge in [0, 0.05) is 10.2 Å². The number of phenols is 1. The Labute approximate surface area is 146 Å². The van der Waals surface area contributed by atoms with E-state index in [2.05, 4.69) is 21.2 Å². The van der Waals surface area contributed by atoms with Crippen LogP contribution in [0.2, 0.25) is 0 Å². The van der Waals surface area contributed by atoms with E-state index in [1.165, 1.54) is 25.1 Å². The lowest BCUT2D eigenvalue weighted by Crippen LogP contribution is -2.30. The number of esters is 1. The SMILES string of the molecule is C[C@H](OC(=O)c1cc(Br)ccc1O)C(=O)Nc1cccc(C#N)c1. The van der Waals surface area contributed by atoms with Gasteiger partial charge in [0.1, 0.15) is 11.3 Å². The zero-order valence-electron chi connectivity index (χ0n) is 12.6. The summed E-state index contributed by atoms with van der Waals surface area (Å²) in [6.45, 7) is 1.41. The molecule has 0 aliphatic carbocycles. The molecule has 0 aliphatic rings. The summed E-state index contributed by atoms with van der Waals surface area (Å²) in [7, 11) is 0. The van der Waals surface area contributed by atoms with Crippen LogP contribution in [0.1, 0.15) is 22.8 Å². The van der Waals surface area contributed by atoms with Crippen molar-refractivity contribution in [3.05, 3.63) is 58.1 Å². The standard InChI is InChI=1S/C17H13BrN2O4/c1-10(16(22)20-13-4-2-3-11(7-13)9-19)24-17(23)14-8-12(18)5-6-15(14)21/h2-8,10,21H,1H3,(H,20,22)/t10-/m0/s1. The molecule has 0 fully saturated rings. The minimum absolute atomic E-state index is 0.0458. The van der Waals surface area contributed by atoms with Crippen LogP contribution in [0.5, 0.6) is 5.75 Å². The van der Waals surface area contributed by atoms with Crippen molar-refractivity contribution in [2.45, 2.75) is 13.0 Å². The van der Waals surface area contributed by atoms with Crippen LogP contribution in [0, 0.1) is 11.3 Å². The van der Waals surface area contributed by atoms with Gasteiger partial charge in [0.05, 0.1) is 11.6 Å². The van der Waals surface area contributed by atoms with Crippen LogP contribution in [-0.2, 0) is 9.53 Å². The molecule has 1 amide bonds. The monoisotopic (exact) mass is 388 g/mol. The number of amides is 1. The Morgan fingerprint density at radius 1 is 1.29 bits per heavy atom. The summed E-state index contributed by atoms with van der Waals surface area (Å²) in [5.41, 5.74) is 0.777. The number of nitrogens with one attached hydrogen (secondary N) is 1. The van der Waals surface area contributed by atoms with Gasteiger partial charge in [-0.2, -0.15) is 5.26 Å². The molecule has 0 aliphatic heterocycles. The van der Waals surface area contributed by atoms with Gasteiger partial charge in [-0.25, -0.2) is 4.79 Å². The fraction of sp³-hybridized carbons (Fsp3) is 0.118. The molecule has 6 nitrogen and oxygen atoms in total. The van der Waals surface area contributed by atoms with Crippen LogP contribution < -0.4 is 5.32 Å². The van der Waals surface area contributed by atoms with Crippen LogP contribution in [0.4, 0.5) is 5.69 Å². The molecule has 0 heterocycles. The molecule has 0 saturated heterocycles. The Bertz CT molecular complexity index is 830. The zero-order chi connectivity index (χ0) is 17.7. The van der Waals surface area contributed by atoms with E-state index in [-0.39, 0.29) is 11.3 Å². The minimum Gasteiger partial charge on any atom is -0.507 e. The molecule has 0 bridgehead atoms. The average Bonchev–Trinajstić information content (AvgIpc) is 2.57. The van der Waals surface area contributed by atoms with Gasteiger partial charge in [-0.15, -0.1) is 0 Å². The number of nitriles is 1. The summed E-state index contributed by atoms with van der Waals surface area (Å²) in [6.07, 6.45) is -1.08. The molecule has 0 unspecified atom stereocenters. The maximum absolute atomic E-state index is 12.1. The first kappa shape index (κ1) is 17.5. The number of nitrogens with zero attached hydrogens (tertiary/aromatic N) is 1. The Balaban J connectivity index is 2.04. The van der Waals surface area contributed by atoms with Crippen molar-refractivity contribution in [1.82, 2.24) is 0 Å². The molecule has 24 heavy (non-hydrogen) atoms. The third kappa shape index (κ3) is 4.33. The third-order valence-electron chi connectivity index (χ3n) is 3.09. The summed E-state index contributed by atoms with van der Waals surface area (Å²) in [4.78, 5) is 24.1. The highest BCUT2D eigenvalue weighted by atomic mass is 79.9. The maximum Gasteiger partial charge on any atom is 0.342 e. The van der Waals surface area contributed by atoms with Gasteiger partial charge in [-0.1, -0.05) is 22.0 Å². The number of anilines is 1. The van der Waals surface area contributed by atoms with E-state index in [0.717, 1.165) is 0 Å². The largest absolute Gasteiger partial charge is 0.507 e. The fourth-order valence-corrected chi connectivity index (χ4v) is 2.22. The van der Waals surface area contributed by atoms with Gasteiger partial charge >= 0.3 is 5.97 Å². The predicted molar refractivity (Wildman–Crippen MR) is 90.5 cm³/mol.